The lowest BCUT2D eigenvalue weighted by Crippen LogP contribution is -2.29. The highest BCUT2D eigenvalue weighted by molar-refractivity contribution is 7.77. The van der Waals surface area contributed by atoms with Crippen molar-refractivity contribution in [2.45, 2.75) is 19.6 Å². The number of carboxylic acids is 1. The fourth-order valence-corrected chi connectivity index (χ4v) is 4.42. The standard InChI is InChI=1S/C26H25NO6S/c28-25(29)19-31-24-13-7-12-23-22(18-32-26(23)24)14-15-27(16-20-8-3-1-4-9-20)34(30)33-17-21-10-5-2-6-11-21/h1-13,18H,14-17,19H2,(H,28,29). The van der Waals surface area contributed by atoms with Gasteiger partial charge in [0, 0.05) is 18.5 Å². The van der Waals surface area contributed by atoms with Gasteiger partial charge in [-0.1, -0.05) is 72.8 Å². The molecule has 0 radical (unpaired) electrons. The molecule has 0 fully saturated rings. The van der Waals surface area contributed by atoms with E-state index in [1.165, 1.54) is 0 Å². The van der Waals surface area contributed by atoms with E-state index in [1.54, 1.807) is 22.7 Å². The number of nitrogens with zero attached hydrogens (tertiary/aromatic N) is 1. The van der Waals surface area contributed by atoms with Crippen molar-refractivity contribution in [2.24, 2.45) is 0 Å². The fourth-order valence-electron chi connectivity index (χ4n) is 3.54. The molecule has 0 bridgehead atoms. The Bertz CT molecular complexity index is 1240. The van der Waals surface area contributed by atoms with Crippen LogP contribution in [0.25, 0.3) is 11.0 Å². The molecule has 34 heavy (non-hydrogen) atoms. The van der Waals surface area contributed by atoms with E-state index in [2.05, 4.69) is 0 Å². The van der Waals surface area contributed by atoms with Crippen LogP contribution in [-0.2, 0) is 39.8 Å². The minimum Gasteiger partial charge on any atom is -0.479 e. The number of carboxylic acid groups (broad SMARTS) is 1. The summed E-state index contributed by atoms with van der Waals surface area (Å²) in [7, 11) is 0. The minimum atomic E-state index is -1.65. The number of para-hydroxylation sites is 1. The van der Waals surface area contributed by atoms with E-state index in [0.717, 1.165) is 22.1 Å². The van der Waals surface area contributed by atoms with E-state index in [1.807, 2.05) is 66.7 Å². The average Bonchev–Trinajstić information content (AvgIpc) is 3.28. The zero-order valence-electron chi connectivity index (χ0n) is 18.5. The molecule has 1 aromatic heterocycles. The molecule has 1 atom stereocenters. The molecule has 7 nitrogen and oxygen atoms in total. The van der Waals surface area contributed by atoms with Crippen molar-refractivity contribution in [1.82, 2.24) is 4.31 Å². The van der Waals surface area contributed by atoms with Crippen LogP contribution < -0.4 is 4.74 Å². The Balaban J connectivity index is 1.47. The van der Waals surface area contributed by atoms with Crippen LogP contribution in [0.4, 0.5) is 0 Å². The largest absolute Gasteiger partial charge is 0.479 e. The van der Waals surface area contributed by atoms with Crippen LogP contribution in [-0.4, -0.2) is 32.7 Å². The van der Waals surface area contributed by atoms with E-state index in [9.17, 15) is 9.00 Å². The molecule has 8 heteroatoms. The number of fused-ring (bicyclic) bond motifs is 1. The number of hydrogen-bond acceptors (Lipinski definition) is 5. The molecule has 0 saturated heterocycles. The zero-order valence-corrected chi connectivity index (χ0v) is 19.3. The Labute approximate surface area is 200 Å². The molecule has 176 valence electrons. The summed E-state index contributed by atoms with van der Waals surface area (Å²) in [6.45, 7) is 0.728. The van der Waals surface area contributed by atoms with Gasteiger partial charge in [-0.3, -0.25) is 4.18 Å². The van der Waals surface area contributed by atoms with Crippen molar-refractivity contribution in [3.63, 3.8) is 0 Å². The van der Waals surface area contributed by atoms with E-state index in [4.69, 9.17) is 18.4 Å². The molecule has 0 aliphatic rings. The molecular weight excluding hydrogens is 454 g/mol. The van der Waals surface area contributed by atoms with Crippen LogP contribution in [0.1, 0.15) is 16.7 Å². The van der Waals surface area contributed by atoms with Crippen molar-refractivity contribution in [1.29, 1.82) is 0 Å². The van der Waals surface area contributed by atoms with Crippen LogP contribution in [0.5, 0.6) is 5.75 Å². The van der Waals surface area contributed by atoms with E-state index < -0.39 is 23.8 Å². The van der Waals surface area contributed by atoms with Gasteiger partial charge in [-0.2, -0.15) is 4.31 Å². The summed E-state index contributed by atoms with van der Waals surface area (Å²) in [6.07, 6.45) is 2.19. The third kappa shape index (κ3) is 6.32. The maximum atomic E-state index is 13.1. The number of hydrogen-bond donors (Lipinski definition) is 1. The number of ether oxygens (including phenoxy) is 1. The van der Waals surface area contributed by atoms with Gasteiger partial charge in [-0.05, 0) is 29.2 Å². The van der Waals surface area contributed by atoms with Crippen LogP contribution in [0.15, 0.2) is 89.5 Å². The fraction of sp³-hybridized carbons (Fsp3) is 0.192. The molecule has 1 unspecified atom stereocenters. The third-order valence-corrected chi connectivity index (χ3v) is 6.26. The Morgan fingerprint density at radius 2 is 1.65 bits per heavy atom. The first-order valence-corrected chi connectivity index (χ1v) is 11.8. The summed E-state index contributed by atoms with van der Waals surface area (Å²) in [5.74, 6) is -0.680. The summed E-state index contributed by atoms with van der Waals surface area (Å²) >= 11 is -1.65. The number of furan rings is 1. The predicted molar refractivity (Wildman–Crippen MR) is 129 cm³/mol. The van der Waals surface area contributed by atoms with Crippen molar-refractivity contribution < 1.29 is 27.4 Å². The molecule has 0 amide bonds. The van der Waals surface area contributed by atoms with Crippen LogP contribution >= 0.6 is 0 Å². The molecule has 1 N–H and O–H groups in total. The number of carbonyl (C=O) groups is 1. The first-order valence-electron chi connectivity index (χ1n) is 10.8. The summed E-state index contributed by atoms with van der Waals surface area (Å²) < 4.78 is 31.6. The monoisotopic (exact) mass is 479 g/mol. The molecule has 1 heterocycles. The second-order valence-corrected chi connectivity index (χ2v) is 8.83. The molecular formula is C26H25NO6S. The number of aliphatic carboxylic acids is 1. The van der Waals surface area contributed by atoms with Crippen LogP contribution in [0.2, 0.25) is 0 Å². The van der Waals surface area contributed by atoms with E-state index in [-0.39, 0.29) is 6.61 Å². The maximum Gasteiger partial charge on any atom is 0.341 e. The van der Waals surface area contributed by atoms with Gasteiger partial charge < -0.3 is 14.3 Å². The molecule has 0 aliphatic carbocycles. The lowest BCUT2D eigenvalue weighted by Gasteiger charge is -2.20. The van der Waals surface area contributed by atoms with Gasteiger partial charge in [0.25, 0.3) is 0 Å². The smallest absolute Gasteiger partial charge is 0.341 e. The Morgan fingerprint density at radius 3 is 2.35 bits per heavy atom. The van der Waals surface area contributed by atoms with Gasteiger partial charge in [0.1, 0.15) is 0 Å². The second-order valence-electron chi connectivity index (χ2n) is 7.64. The highest BCUT2D eigenvalue weighted by Gasteiger charge is 2.18. The highest BCUT2D eigenvalue weighted by atomic mass is 32.2. The van der Waals surface area contributed by atoms with Gasteiger partial charge in [-0.25, -0.2) is 9.00 Å². The normalized spacial score (nSPS) is 12.1. The molecule has 4 aromatic rings. The summed E-state index contributed by atoms with van der Waals surface area (Å²) in [4.78, 5) is 10.8. The van der Waals surface area contributed by atoms with Crippen molar-refractivity contribution in [2.75, 3.05) is 13.2 Å². The first-order chi connectivity index (χ1) is 16.6. The van der Waals surface area contributed by atoms with Gasteiger partial charge in [0.2, 0.25) is 11.3 Å². The van der Waals surface area contributed by atoms with Gasteiger partial charge >= 0.3 is 5.97 Å². The first kappa shape index (κ1) is 23.7. The Hall–Kier alpha value is -3.46. The van der Waals surface area contributed by atoms with Gasteiger partial charge in [0.05, 0.1) is 12.9 Å². The van der Waals surface area contributed by atoms with E-state index >= 15 is 0 Å². The molecule has 4 rings (SSSR count). The van der Waals surface area contributed by atoms with E-state index in [0.29, 0.717) is 30.8 Å². The second kappa shape index (κ2) is 11.6. The lowest BCUT2D eigenvalue weighted by molar-refractivity contribution is -0.139. The number of benzene rings is 3. The van der Waals surface area contributed by atoms with Gasteiger partial charge in [-0.15, -0.1) is 0 Å². The summed E-state index contributed by atoms with van der Waals surface area (Å²) in [5, 5.41) is 9.72. The van der Waals surface area contributed by atoms with Crippen LogP contribution in [0, 0.1) is 0 Å². The maximum absolute atomic E-state index is 13.1. The van der Waals surface area contributed by atoms with Crippen molar-refractivity contribution >= 4 is 28.2 Å². The zero-order chi connectivity index (χ0) is 23.8. The quantitative estimate of drug-likeness (QED) is 0.316. The minimum absolute atomic E-state index is 0.248. The topological polar surface area (TPSA) is 89.2 Å². The van der Waals surface area contributed by atoms with Gasteiger partial charge in [0.15, 0.2) is 17.9 Å². The highest BCUT2D eigenvalue weighted by Crippen LogP contribution is 2.30. The lowest BCUT2D eigenvalue weighted by atomic mass is 10.1. The van der Waals surface area contributed by atoms with Crippen molar-refractivity contribution in [3.8, 4) is 5.75 Å². The molecule has 0 spiro atoms. The SMILES string of the molecule is O=C(O)COc1cccc2c(CCN(Cc3ccccc3)S(=O)OCc3ccccc3)coc12. The van der Waals surface area contributed by atoms with Crippen molar-refractivity contribution in [3.05, 3.63) is 102 Å². The molecule has 0 aliphatic heterocycles. The molecule has 0 saturated carbocycles. The molecule has 3 aromatic carbocycles. The summed E-state index contributed by atoms with van der Waals surface area (Å²) in [6, 6.07) is 24.8. The predicted octanol–water partition coefficient (Wildman–Crippen LogP) is 4.74. The third-order valence-electron chi connectivity index (χ3n) is 5.21. The Kier molecular flexibility index (Phi) is 8.08. The van der Waals surface area contributed by atoms with Crippen LogP contribution in [0.3, 0.4) is 0 Å². The average molecular weight is 480 g/mol. The number of rotatable bonds is 12. The summed E-state index contributed by atoms with van der Waals surface area (Å²) in [5.41, 5.74) is 3.38. The Morgan fingerprint density at radius 1 is 0.941 bits per heavy atom.